The van der Waals surface area contributed by atoms with Crippen molar-refractivity contribution in [2.45, 2.75) is 135 Å². The summed E-state index contributed by atoms with van der Waals surface area (Å²) < 4.78 is 6.21. The third kappa shape index (κ3) is 8.66. The summed E-state index contributed by atoms with van der Waals surface area (Å²) in [6.45, 7) is 2.29. The van der Waals surface area contributed by atoms with Crippen LogP contribution in [0.5, 0.6) is 0 Å². The summed E-state index contributed by atoms with van der Waals surface area (Å²) >= 11 is 0. The van der Waals surface area contributed by atoms with Gasteiger partial charge in [0.2, 0.25) is 5.91 Å². The molecule has 8 aliphatic carbocycles. The van der Waals surface area contributed by atoms with E-state index in [9.17, 15) is 9.59 Å². The Morgan fingerprint density at radius 3 is 1.36 bits per heavy atom. The fraction of sp³-hybridized carbons (Fsp3) is 0.529. The van der Waals surface area contributed by atoms with Crippen LogP contribution in [0.2, 0.25) is 0 Å². The molecule has 8 fully saturated rings. The average molecular weight is 786 g/mol. The maximum Gasteiger partial charge on any atom is 0.337 e. The number of primary amides is 1. The second-order valence-corrected chi connectivity index (χ2v) is 19.0. The summed E-state index contributed by atoms with van der Waals surface area (Å²) in [5.74, 6) is 2.26. The van der Waals surface area contributed by atoms with E-state index in [1.807, 2.05) is 18.2 Å². The van der Waals surface area contributed by atoms with Gasteiger partial charge in [-0.1, -0.05) is 81.9 Å². The van der Waals surface area contributed by atoms with Crippen molar-refractivity contribution in [3.8, 4) is 0 Å². The Hall–Kier alpha value is -4.36. The first-order valence-electron chi connectivity index (χ1n) is 22.1. The van der Waals surface area contributed by atoms with E-state index in [1.165, 1.54) is 96.1 Å². The van der Waals surface area contributed by atoms with Crippen LogP contribution in [0, 0.1) is 34.5 Å². The number of carboxylic acid groups (broad SMARTS) is 1. The number of carboxylic acids is 1. The van der Waals surface area contributed by atoms with Gasteiger partial charge in [0.25, 0.3) is 0 Å². The average Bonchev–Trinajstić information content (AvgIpc) is 3.20. The number of nitrogens with zero attached hydrogens (tertiary/aromatic N) is 2. The molecule has 4 atom stereocenters. The van der Waals surface area contributed by atoms with Crippen LogP contribution in [0.25, 0.3) is 0 Å². The Morgan fingerprint density at radius 1 is 0.655 bits per heavy atom. The van der Waals surface area contributed by atoms with Crippen molar-refractivity contribution in [1.82, 2.24) is 16.1 Å². The molecule has 0 spiro atoms. The predicted octanol–water partition coefficient (Wildman–Crippen LogP) is 11.7. The minimum absolute atomic E-state index is 0. The number of amides is 1. The van der Waals surface area contributed by atoms with Crippen LogP contribution in [0.4, 0.5) is 0 Å². The molecule has 0 radical (unpaired) electrons. The van der Waals surface area contributed by atoms with Crippen LogP contribution < -0.4 is 11.9 Å². The van der Waals surface area contributed by atoms with Crippen LogP contribution in [0.1, 0.15) is 156 Å². The van der Waals surface area contributed by atoms with Gasteiger partial charge in [-0.3, -0.25) is 14.8 Å². The predicted molar refractivity (Wildman–Crippen MR) is 234 cm³/mol. The van der Waals surface area contributed by atoms with Gasteiger partial charge in [0, 0.05) is 25.2 Å². The van der Waals surface area contributed by atoms with Gasteiger partial charge in [-0.05, 0) is 183 Å². The molecule has 4 unspecified atom stereocenters. The summed E-state index contributed by atoms with van der Waals surface area (Å²) in [6.07, 6.45) is 24.1. The summed E-state index contributed by atoms with van der Waals surface area (Å²) in [5, 5.41) is 9.06. The van der Waals surface area contributed by atoms with Crippen molar-refractivity contribution in [2.75, 3.05) is 0 Å². The summed E-state index contributed by atoms with van der Waals surface area (Å²) in [5.41, 5.74) is 13.1. The highest BCUT2D eigenvalue weighted by Gasteiger charge is 2.59. The van der Waals surface area contributed by atoms with Crippen molar-refractivity contribution >= 4 is 11.9 Å². The zero-order valence-electron chi connectivity index (χ0n) is 35.0. The number of nitrogens with two attached hydrogens (primary N) is 1. The van der Waals surface area contributed by atoms with E-state index in [-0.39, 0.29) is 19.1 Å². The SMILES string of the molecule is C.N.NC(=O)c1ccc(CCC23CC4CC(C2)CC(c2ccccc2)(C4)C3)nc1.O=C(O)c1ccc(CCC23CC4CC(C2)CC(c2ccccc2)(C4)C3)nc1.[2H]CC. The number of aromatic nitrogens is 2. The molecular weight excluding hydrogens is 717 g/mol. The molecule has 310 valence electrons. The van der Waals surface area contributed by atoms with Gasteiger partial charge in [0.05, 0.1) is 11.1 Å². The quantitative estimate of drug-likeness (QED) is 0.146. The van der Waals surface area contributed by atoms with Crippen molar-refractivity contribution in [3.05, 3.63) is 131 Å². The van der Waals surface area contributed by atoms with E-state index in [1.54, 1.807) is 30.3 Å². The van der Waals surface area contributed by atoms with Crippen molar-refractivity contribution in [1.29, 1.82) is 0 Å². The number of hydrogen-bond acceptors (Lipinski definition) is 5. The number of carbonyl (C=O) groups is 2. The van der Waals surface area contributed by atoms with Crippen molar-refractivity contribution < 1.29 is 16.1 Å². The number of rotatable bonds is 10. The maximum atomic E-state index is 11.3. The molecule has 2 aromatic heterocycles. The van der Waals surface area contributed by atoms with Crippen LogP contribution in [-0.4, -0.2) is 27.0 Å². The fourth-order valence-electron chi connectivity index (χ4n) is 14.0. The van der Waals surface area contributed by atoms with E-state index in [0.717, 1.165) is 47.9 Å². The minimum Gasteiger partial charge on any atom is -0.478 e. The number of aromatic carboxylic acids is 1. The molecule has 0 saturated heterocycles. The molecule has 2 aromatic carbocycles. The molecule has 7 nitrogen and oxygen atoms in total. The standard InChI is InChI=1S/C24H28N2O.C24H27NO2.C2H6.CH4.H3N/c25-22(27)19-6-7-21(26-15-19)8-9-23-11-17-10-18(12-23)14-24(13-17,16-23)20-4-2-1-3-5-20;26-22(27)19-6-7-21(25-15-19)8-9-23-11-17-10-18(12-23)14-24(13-17,16-23)20-4-2-1-3-5-20;1-2;;/h1-7,15,17-18H,8-14,16H2,(H2,25,27);1-7,15,17-18H,8-14,16H2,(H,26,27);1-2H3;1H4;1H3/i;;1D;;. The highest BCUT2D eigenvalue weighted by atomic mass is 16.4. The van der Waals surface area contributed by atoms with Gasteiger partial charge >= 0.3 is 5.97 Å². The lowest BCUT2D eigenvalue weighted by molar-refractivity contribution is -0.0762. The normalized spacial score (nSPS) is 31.9. The first-order valence-corrected chi connectivity index (χ1v) is 21.4. The largest absolute Gasteiger partial charge is 0.478 e. The van der Waals surface area contributed by atoms with Crippen molar-refractivity contribution in [2.24, 2.45) is 40.2 Å². The molecule has 8 saturated carbocycles. The zero-order valence-corrected chi connectivity index (χ0v) is 34.0. The number of hydrogen-bond donors (Lipinski definition) is 3. The lowest BCUT2D eigenvalue weighted by atomic mass is 9.42. The molecule has 2 heterocycles. The molecule has 12 rings (SSSR count). The number of aryl methyl sites for hydroxylation is 2. The van der Waals surface area contributed by atoms with Gasteiger partial charge < -0.3 is 17.0 Å². The van der Waals surface area contributed by atoms with E-state index < -0.39 is 11.9 Å². The van der Waals surface area contributed by atoms with Gasteiger partial charge in [0.15, 0.2) is 0 Å². The highest BCUT2D eigenvalue weighted by Crippen LogP contribution is 2.68. The monoisotopic (exact) mass is 786 g/mol. The molecular formula is C51H68N4O3. The topological polar surface area (TPSA) is 141 Å². The Balaban J connectivity index is 0.000000180. The Labute approximate surface area is 349 Å². The molecule has 58 heavy (non-hydrogen) atoms. The van der Waals surface area contributed by atoms with Crippen LogP contribution in [-0.2, 0) is 23.7 Å². The minimum atomic E-state index is -0.903. The Bertz CT molecular complexity index is 1830. The van der Waals surface area contributed by atoms with E-state index in [0.29, 0.717) is 34.1 Å². The Kier molecular flexibility index (Phi) is 12.6. The molecule has 0 aliphatic heterocycles. The van der Waals surface area contributed by atoms with Gasteiger partial charge in [-0.25, -0.2) is 4.79 Å². The highest BCUT2D eigenvalue weighted by molar-refractivity contribution is 5.92. The maximum absolute atomic E-state index is 11.3. The molecule has 8 bridgehead atoms. The second-order valence-electron chi connectivity index (χ2n) is 19.0. The lowest BCUT2D eigenvalue weighted by Gasteiger charge is -2.63. The van der Waals surface area contributed by atoms with Gasteiger partial charge in [-0.15, -0.1) is 0 Å². The molecule has 4 aromatic rings. The summed E-state index contributed by atoms with van der Waals surface area (Å²) in [6, 6.07) is 29.9. The third-order valence-electron chi connectivity index (χ3n) is 15.1. The third-order valence-corrected chi connectivity index (χ3v) is 15.1. The number of pyridine rings is 2. The smallest absolute Gasteiger partial charge is 0.337 e. The van der Waals surface area contributed by atoms with E-state index >= 15 is 0 Å². The first kappa shape index (κ1) is 41.8. The van der Waals surface area contributed by atoms with Crippen LogP contribution >= 0.6 is 0 Å². The Morgan fingerprint density at radius 2 is 1.03 bits per heavy atom. The zero-order chi connectivity index (χ0) is 39.7. The molecule has 6 N–H and O–H groups in total. The second kappa shape index (κ2) is 17.5. The summed E-state index contributed by atoms with van der Waals surface area (Å²) in [7, 11) is 0. The van der Waals surface area contributed by atoms with Gasteiger partial charge in [0.1, 0.15) is 0 Å². The number of carbonyl (C=O) groups excluding carboxylic acids is 1. The molecule has 8 aliphatic rings. The van der Waals surface area contributed by atoms with E-state index in [2.05, 4.69) is 70.6 Å². The molecule has 1 amide bonds. The van der Waals surface area contributed by atoms with Crippen molar-refractivity contribution in [3.63, 3.8) is 0 Å². The summed E-state index contributed by atoms with van der Waals surface area (Å²) in [4.78, 5) is 31.2. The molecule has 7 heteroatoms. The van der Waals surface area contributed by atoms with Crippen LogP contribution in [0.15, 0.2) is 97.3 Å². The van der Waals surface area contributed by atoms with E-state index in [4.69, 9.17) is 12.2 Å². The van der Waals surface area contributed by atoms with Gasteiger partial charge in [-0.2, -0.15) is 0 Å². The number of benzene rings is 2. The first-order chi connectivity index (χ1) is 27.5. The lowest BCUT2D eigenvalue weighted by Crippen LogP contribution is -2.54. The van der Waals surface area contributed by atoms with Crippen LogP contribution in [0.3, 0.4) is 0 Å². The fourth-order valence-corrected chi connectivity index (χ4v) is 14.0.